The molecule has 4 unspecified atom stereocenters. The van der Waals surface area contributed by atoms with E-state index < -0.39 is 0 Å². The molecule has 5 amide bonds. The van der Waals surface area contributed by atoms with Gasteiger partial charge in [-0.05, 0) is 90.3 Å². The number of unbranched alkanes of at least 4 members (excludes halogenated alkanes) is 7. The van der Waals surface area contributed by atoms with E-state index in [0.29, 0.717) is 125 Å². The summed E-state index contributed by atoms with van der Waals surface area (Å²) in [5.74, 6) is 0.706. The molecule has 0 radical (unpaired) electrons. The molecule has 0 bridgehead atoms. The van der Waals surface area contributed by atoms with Crippen LogP contribution in [0.3, 0.4) is 0 Å². The molecule has 0 aromatic rings. The van der Waals surface area contributed by atoms with Crippen LogP contribution in [0.1, 0.15) is 124 Å². The molecule has 0 aromatic carbocycles. The maximum atomic E-state index is 13.1. The summed E-state index contributed by atoms with van der Waals surface area (Å²) in [6, 6.07) is 0. The third-order valence-electron chi connectivity index (χ3n) is 13.0. The first-order valence-corrected chi connectivity index (χ1v) is 30.3. The van der Waals surface area contributed by atoms with E-state index in [4.69, 9.17) is 47.4 Å². The van der Waals surface area contributed by atoms with Crippen molar-refractivity contribution in [1.29, 1.82) is 0 Å². The number of rotatable bonds is 53. The van der Waals surface area contributed by atoms with Crippen LogP contribution in [0.2, 0.25) is 0 Å². The van der Waals surface area contributed by atoms with Crippen molar-refractivity contribution in [3.05, 3.63) is 0 Å². The summed E-state index contributed by atoms with van der Waals surface area (Å²) in [5, 5.41) is 2.10. The Hall–Kier alpha value is -2.32. The fourth-order valence-electron chi connectivity index (χ4n) is 8.41. The Kier molecular flexibility index (Phi) is 41.7. The first kappa shape index (κ1) is 70.8. The summed E-state index contributed by atoms with van der Waals surface area (Å²) in [6.07, 6.45) is 11.0. The Bertz CT molecular complexity index is 1490. The monoisotopic (exact) mass is 1140 g/mol. The van der Waals surface area contributed by atoms with Crippen molar-refractivity contribution < 1.29 is 76.1 Å². The molecule has 2 rings (SSSR count). The Morgan fingerprint density at radius 1 is 0.532 bits per heavy atom. The second-order valence-electron chi connectivity index (χ2n) is 20.3. The van der Waals surface area contributed by atoms with Gasteiger partial charge in [-0.1, -0.05) is 25.7 Å². The van der Waals surface area contributed by atoms with Crippen molar-refractivity contribution in [3.8, 4) is 0 Å². The second-order valence-corrected chi connectivity index (χ2v) is 23.0. The van der Waals surface area contributed by atoms with Crippen LogP contribution in [0.15, 0.2) is 0 Å². The smallest absolute Gasteiger partial charge is 0.242 e. The predicted molar refractivity (Wildman–Crippen MR) is 299 cm³/mol. The van der Waals surface area contributed by atoms with Crippen LogP contribution in [-0.4, -0.2) is 243 Å². The third-order valence-corrected chi connectivity index (χ3v) is 15.5. The molecular weight excluding hydrogens is 1040 g/mol. The number of carbonyl (C=O) groups is 6. The van der Waals surface area contributed by atoms with E-state index in [0.717, 1.165) is 76.0 Å². The molecule has 0 aromatic heterocycles. The molecule has 448 valence electrons. The SMILES string of the molecule is COCCOCC(COCCCCC(=O)CCN1C(=O)CC(SCCCCCCN(CCCCCCSC2CC(=O)N(CCC(=O)NCCCOCC(COCCOC)OCCOC)C2=O)C(C)(C)C)C1=O)OCCOC. The maximum Gasteiger partial charge on any atom is 0.242 e. The van der Waals surface area contributed by atoms with Crippen molar-refractivity contribution in [2.24, 2.45) is 0 Å². The van der Waals surface area contributed by atoms with Crippen molar-refractivity contribution in [2.75, 3.05) is 165 Å². The van der Waals surface area contributed by atoms with Gasteiger partial charge in [0.25, 0.3) is 0 Å². The minimum absolute atomic E-state index is 0.0396. The summed E-state index contributed by atoms with van der Waals surface area (Å²) in [5.41, 5.74) is 0.0554. The topological polar surface area (TPSA) is 216 Å². The number of nitrogens with one attached hydrogen (secondary N) is 1. The predicted octanol–water partition coefficient (Wildman–Crippen LogP) is 5.38. The summed E-state index contributed by atoms with van der Waals surface area (Å²) < 4.78 is 54.3. The van der Waals surface area contributed by atoms with Crippen molar-refractivity contribution >= 4 is 58.8 Å². The lowest BCUT2D eigenvalue weighted by molar-refractivity contribution is -0.140. The lowest BCUT2D eigenvalue weighted by Gasteiger charge is -2.36. The van der Waals surface area contributed by atoms with E-state index in [1.807, 2.05) is 0 Å². The van der Waals surface area contributed by atoms with Gasteiger partial charge < -0.3 is 52.7 Å². The minimum Gasteiger partial charge on any atom is -0.382 e. The van der Waals surface area contributed by atoms with Crippen LogP contribution in [0.5, 0.6) is 0 Å². The first-order valence-electron chi connectivity index (χ1n) is 28.2. The van der Waals surface area contributed by atoms with Crippen LogP contribution in [0.4, 0.5) is 0 Å². The van der Waals surface area contributed by atoms with Crippen molar-refractivity contribution in [1.82, 2.24) is 20.0 Å². The van der Waals surface area contributed by atoms with Gasteiger partial charge in [0.05, 0.1) is 89.8 Å². The normalized spacial score (nSPS) is 16.9. The molecule has 2 heterocycles. The van der Waals surface area contributed by atoms with Crippen LogP contribution >= 0.6 is 23.5 Å². The van der Waals surface area contributed by atoms with Gasteiger partial charge in [-0.15, -0.1) is 23.5 Å². The zero-order valence-electron chi connectivity index (χ0n) is 48.2. The fourth-order valence-corrected chi connectivity index (χ4v) is 10.8. The standard InChI is InChI=1S/C55H100N4O16S2/c1-55(2,3)57(23-13-8-10-16-37-76-48-39-51(62)58(53(48)64)25-20-45(60)19-12-15-27-70-41-46(74-35-31-68-6)43-72-33-29-66-4)24-14-9-11-17-38-77-49-40-52(63)59(54(49)65)26-21-50(61)56-22-18-28-71-42-47(75-36-32-69-7)44-73-34-30-67-5/h46-49H,8-44H2,1-7H3,(H,56,61). The maximum absolute atomic E-state index is 13.1. The van der Waals surface area contributed by atoms with E-state index >= 15 is 0 Å². The van der Waals surface area contributed by atoms with Crippen molar-refractivity contribution in [3.63, 3.8) is 0 Å². The summed E-state index contributed by atoms with van der Waals surface area (Å²) in [7, 11) is 6.47. The Morgan fingerprint density at radius 2 is 0.961 bits per heavy atom. The van der Waals surface area contributed by atoms with E-state index in [1.165, 1.54) is 9.80 Å². The molecule has 0 saturated carbocycles. The van der Waals surface area contributed by atoms with Gasteiger partial charge in [-0.2, -0.15) is 0 Å². The Morgan fingerprint density at radius 3 is 1.43 bits per heavy atom. The summed E-state index contributed by atoms with van der Waals surface area (Å²) in [6.45, 7) is 15.7. The number of Topliss-reactive ketones (excluding diaryl/α,β-unsaturated/α-hetero) is 1. The lowest BCUT2D eigenvalue weighted by atomic mass is 10.0. The van der Waals surface area contributed by atoms with Crippen LogP contribution in [0.25, 0.3) is 0 Å². The van der Waals surface area contributed by atoms with Crippen molar-refractivity contribution in [2.45, 2.75) is 152 Å². The third kappa shape index (κ3) is 33.9. The molecule has 77 heavy (non-hydrogen) atoms. The molecule has 2 saturated heterocycles. The van der Waals surface area contributed by atoms with Gasteiger partial charge in [-0.3, -0.25) is 43.5 Å². The van der Waals surface area contributed by atoms with Gasteiger partial charge in [0.2, 0.25) is 29.5 Å². The van der Waals surface area contributed by atoms with Gasteiger partial charge in [0.15, 0.2) is 0 Å². The number of hydrogen-bond donors (Lipinski definition) is 1. The second kappa shape index (κ2) is 45.3. The van der Waals surface area contributed by atoms with Gasteiger partial charge in [0, 0.05) is 98.9 Å². The molecule has 4 atom stereocenters. The average molecular weight is 1140 g/mol. The number of carbonyl (C=O) groups excluding carboxylic acids is 6. The zero-order valence-corrected chi connectivity index (χ0v) is 49.8. The molecule has 20 nitrogen and oxygen atoms in total. The minimum atomic E-state index is -0.385. The number of imide groups is 2. The molecule has 2 fully saturated rings. The number of methoxy groups -OCH3 is 4. The highest BCUT2D eigenvalue weighted by Gasteiger charge is 2.39. The Labute approximate surface area is 470 Å². The van der Waals surface area contributed by atoms with Crippen LogP contribution in [0, 0.1) is 0 Å². The fraction of sp³-hybridized carbons (Fsp3) is 0.891. The highest BCUT2D eigenvalue weighted by molar-refractivity contribution is 8.00. The highest BCUT2D eigenvalue weighted by atomic mass is 32.2. The number of thioether (sulfide) groups is 2. The average Bonchev–Trinajstić information content (AvgIpc) is 3.83. The molecular formula is C55H100N4O16S2. The first-order chi connectivity index (χ1) is 37.2. The zero-order chi connectivity index (χ0) is 56.4. The molecule has 2 aliphatic rings. The Balaban J connectivity index is 1.52. The van der Waals surface area contributed by atoms with E-state index in [2.05, 4.69) is 31.0 Å². The van der Waals surface area contributed by atoms with Gasteiger partial charge in [0.1, 0.15) is 18.0 Å². The summed E-state index contributed by atoms with van der Waals surface area (Å²) in [4.78, 5) is 81.8. The molecule has 1 N–H and O–H groups in total. The van der Waals surface area contributed by atoms with Crippen LogP contribution < -0.4 is 5.32 Å². The molecule has 0 aliphatic carbocycles. The number of amides is 5. The van der Waals surface area contributed by atoms with E-state index in [9.17, 15) is 28.8 Å². The molecule has 22 heteroatoms. The number of ketones is 1. The highest BCUT2D eigenvalue weighted by Crippen LogP contribution is 2.28. The molecule has 0 spiro atoms. The number of likely N-dealkylation sites (tertiary alicyclic amines) is 2. The largest absolute Gasteiger partial charge is 0.382 e. The molecule has 2 aliphatic heterocycles. The summed E-state index contributed by atoms with van der Waals surface area (Å²) >= 11 is 3.11. The van der Waals surface area contributed by atoms with E-state index in [1.54, 1.807) is 52.0 Å². The lowest BCUT2D eigenvalue weighted by Crippen LogP contribution is -2.42. The quantitative estimate of drug-likeness (QED) is 0.0598. The van der Waals surface area contributed by atoms with Gasteiger partial charge in [-0.25, -0.2) is 0 Å². The number of nitrogens with zero attached hydrogens (tertiary/aromatic N) is 3. The number of ether oxygens (including phenoxy) is 10. The number of hydrogen-bond acceptors (Lipinski definition) is 19. The van der Waals surface area contributed by atoms with Crippen LogP contribution in [-0.2, 0) is 76.1 Å². The van der Waals surface area contributed by atoms with E-state index in [-0.39, 0.29) is 102 Å². The van der Waals surface area contributed by atoms with Gasteiger partial charge >= 0.3 is 0 Å².